The molecule has 1 N–H and O–H groups in total. The summed E-state index contributed by atoms with van der Waals surface area (Å²) < 4.78 is 0. The van der Waals surface area contributed by atoms with E-state index in [-0.39, 0.29) is 6.03 Å². The summed E-state index contributed by atoms with van der Waals surface area (Å²) in [4.78, 5) is 13.5. The molecule has 1 rings (SSSR count). The van der Waals surface area contributed by atoms with Gasteiger partial charge in [-0.15, -0.1) is 6.42 Å². The Morgan fingerprint density at radius 3 is 2.82 bits per heavy atom. The lowest BCUT2D eigenvalue weighted by molar-refractivity contribution is 0.218. The number of carbonyl (C=O) groups is 1. The molecule has 1 aromatic carbocycles. The van der Waals surface area contributed by atoms with Crippen LogP contribution in [0.25, 0.3) is 0 Å². The number of nitrogens with one attached hydrogen (secondary N) is 1. The van der Waals surface area contributed by atoms with E-state index in [1.54, 1.807) is 17.0 Å². The molecule has 0 aromatic heterocycles. The van der Waals surface area contributed by atoms with Gasteiger partial charge in [0.2, 0.25) is 0 Å². The third-order valence-corrected chi connectivity index (χ3v) is 2.51. The maximum absolute atomic E-state index is 11.9. The zero-order chi connectivity index (χ0) is 12.7. The number of urea groups is 1. The summed E-state index contributed by atoms with van der Waals surface area (Å²) >= 11 is 5.95. The molecule has 0 fully saturated rings. The molecule has 2 amide bonds. The van der Waals surface area contributed by atoms with E-state index < -0.39 is 0 Å². The molecule has 1 aromatic rings. The molecule has 0 bridgehead atoms. The second-order valence-electron chi connectivity index (χ2n) is 3.54. The first-order valence-corrected chi connectivity index (χ1v) is 5.80. The van der Waals surface area contributed by atoms with Gasteiger partial charge in [0.15, 0.2) is 0 Å². The van der Waals surface area contributed by atoms with E-state index in [0.29, 0.717) is 23.8 Å². The van der Waals surface area contributed by atoms with Crippen LogP contribution in [0.4, 0.5) is 10.5 Å². The summed E-state index contributed by atoms with van der Waals surface area (Å²) in [5.41, 5.74) is 0.595. The Hall–Kier alpha value is -1.66. The second-order valence-corrected chi connectivity index (χ2v) is 3.94. The summed E-state index contributed by atoms with van der Waals surface area (Å²) in [6, 6.07) is 6.87. The fourth-order valence-corrected chi connectivity index (χ4v) is 1.57. The third-order valence-electron chi connectivity index (χ3n) is 2.18. The zero-order valence-corrected chi connectivity index (χ0v) is 10.5. The quantitative estimate of drug-likeness (QED) is 0.818. The summed E-state index contributed by atoms with van der Waals surface area (Å²) in [5, 5.41) is 3.25. The Labute approximate surface area is 107 Å². The maximum Gasteiger partial charge on any atom is 0.322 e. The minimum absolute atomic E-state index is 0.224. The smallest absolute Gasteiger partial charge is 0.313 e. The van der Waals surface area contributed by atoms with Gasteiger partial charge in [0.05, 0.1) is 17.3 Å². The molecule has 3 nitrogen and oxygen atoms in total. The Kier molecular flexibility index (Phi) is 5.38. The van der Waals surface area contributed by atoms with Crippen LogP contribution < -0.4 is 5.32 Å². The molecule has 0 aliphatic carbocycles. The second kappa shape index (κ2) is 6.82. The highest BCUT2D eigenvalue weighted by molar-refractivity contribution is 6.33. The number of anilines is 1. The molecular weight excluding hydrogens is 236 g/mol. The molecule has 0 spiro atoms. The number of para-hydroxylation sites is 1. The predicted octanol–water partition coefficient (Wildman–Crippen LogP) is 3.22. The van der Waals surface area contributed by atoms with Crippen molar-refractivity contribution in [2.75, 3.05) is 18.4 Å². The molecule has 0 saturated carbocycles. The van der Waals surface area contributed by atoms with Gasteiger partial charge in [-0.2, -0.15) is 0 Å². The molecule has 0 saturated heterocycles. The van der Waals surface area contributed by atoms with E-state index in [9.17, 15) is 4.79 Å². The van der Waals surface area contributed by atoms with Crippen molar-refractivity contribution in [2.45, 2.75) is 13.3 Å². The van der Waals surface area contributed by atoms with Gasteiger partial charge in [0, 0.05) is 6.54 Å². The molecule has 0 unspecified atom stereocenters. The van der Waals surface area contributed by atoms with Crippen molar-refractivity contribution in [2.24, 2.45) is 0 Å². The van der Waals surface area contributed by atoms with Crippen LogP contribution in [0.3, 0.4) is 0 Å². The van der Waals surface area contributed by atoms with Crippen LogP contribution in [-0.4, -0.2) is 24.0 Å². The van der Waals surface area contributed by atoms with Crippen molar-refractivity contribution in [1.82, 2.24) is 4.90 Å². The van der Waals surface area contributed by atoms with Crippen molar-refractivity contribution < 1.29 is 4.79 Å². The van der Waals surface area contributed by atoms with Crippen LogP contribution in [0, 0.1) is 12.3 Å². The first-order chi connectivity index (χ1) is 8.19. The Morgan fingerprint density at radius 2 is 2.24 bits per heavy atom. The minimum Gasteiger partial charge on any atom is -0.313 e. The van der Waals surface area contributed by atoms with E-state index in [0.717, 1.165) is 6.42 Å². The van der Waals surface area contributed by atoms with Gasteiger partial charge in [0.25, 0.3) is 0 Å². The van der Waals surface area contributed by atoms with Gasteiger partial charge in [-0.3, -0.25) is 0 Å². The number of hydrogen-bond donors (Lipinski definition) is 1. The minimum atomic E-state index is -0.224. The van der Waals surface area contributed by atoms with Crippen molar-refractivity contribution in [1.29, 1.82) is 0 Å². The molecule has 0 heterocycles. The number of halogens is 1. The van der Waals surface area contributed by atoms with E-state index in [4.69, 9.17) is 18.0 Å². The molecule has 0 radical (unpaired) electrons. The predicted molar refractivity (Wildman–Crippen MR) is 71.2 cm³/mol. The number of terminal acetylenes is 1. The highest BCUT2D eigenvalue weighted by Gasteiger charge is 2.12. The maximum atomic E-state index is 11.9. The molecule has 90 valence electrons. The van der Waals surface area contributed by atoms with Gasteiger partial charge in [-0.05, 0) is 18.6 Å². The number of benzene rings is 1. The van der Waals surface area contributed by atoms with E-state index in [1.165, 1.54) is 0 Å². The molecule has 0 aliphatic rings. The first-order valence-electron chi connectivity index (χ1n) is 5.43. The standard InChI is InChI=1S/C13H15ClN2O/c1-3-9-16(10-4-2)13(17)15-12-8-6-5-7-11(12)14/h1,5-8H,4,9-10H2,2H3,(H,15,17). The van der Waals surface area contributed by atoms with Gasteiger partial charge in [-0.1, -0.05) is 36.6 Å². The third kappa shape index (κ3) is 4.01. The van der Waals surface area contributed by atoms with Gasteiger partial charge < -0.3 is 10.2 Å². The first kappa shape index (κ1) is 13.4. The number of hydrogen-bond acceptors (Lipinski definition) is 1. The van der Waals surface area contributed by atoms with Gasteiger partial charge in [-0.25, -0.2) is 4.79 Å². The molecule has 0 aliphatic heterocycles. The molecule has 17 heavy (non-hydrogen) atoms. The Bertz CT molecular complexity index is 426. The number of nitrogens with zero attached hydrogens (tertiary/aromatic N) is 1. The van der Waals surface area contributed by atoms with Crippen LogP contribution in [0.15, 0.2) is 24.3 Å². The molecular formula is C13H15ClN2O. The van der Waals surface area contributed by atoms with Crippen LogP contribution >= 0.6 is 11.6 Å². The number of rotatable bonds is 4. The van der Waals surface area contributed by atoms with Gasteiger partial charge in [0.1, 0.15) is 0 Å². The van der Waals surface area contributed by atoms with Gasteiger partial charge >= 0.3 is 6.03 Å². The highest BCUT2D eigenvalue weighted by Crippen LogP contribution is 2.20. The number of carbonyl (C=O) groups excluding carboxylic acids is 1. The average molecular weight is 251 g/mol. The largest absolute Gasteiger partial charge is 0.322 e. The highest BCUT2D eigenvalue weighted by atomic mass is 35.5. The van der Waals surface area contributed by atoms with Crippen molar-refractivity contribution in [3.63, 3.8) is 0 Å². The SMILES string of the molecule is C#CCN(CCC)C(=O)Nc1ccccc1Cl. The fourth-order valence-electron chi connectivity index (χ4n) is 1.39. The van der Waals surface area contributed by atoms with E-state index in [1.807, 2.05) is 19.1 Å². The Morgan fingerprint density at radius 1 is 1.53 bits per heavy atom. The summed E-state index contributed by atoms with van der Waals surface area (Å²) in [7, 11) is 0. The fraction of sp³-hybridized carbons (Fsp3) is 0.308. The lowest BCUT2D eigenvalue weighted by Gasteiger charge is -2.20. The average Bonchev–Trinajstić information content (AvgIpc) is 2.32. The lowest BCUT2D eigenvalue weighted by Crippen LogP contribution is -2.35. The Balaban J connectivity index is 2.70. The van der Waals surface area contributed by atoms with Crippen molar-refractivity contribution >= 4 is 23.3 Å². The van der Waals surface area contributed by atoms with Crippen LogP contribution in [0.5, 0.6) is 0 Å². The van der Waals surface area contributed by atoms with Crippen LogP contribution in [0.2, 0.25) is 5.02 Å². The van der Waals surface area contributed by atoms with Crippen LogP contribution in [0.1, 0.15) is 13.3 Å². The topological polar surface area (TPSA) is 32.3 Å². The number of amides is 2. The van der Waals surface area contributed by atoms with E-state index in [2.05, 4.69) is 11.2 Å². The van der Waals surface area contributed by atoms with Crippen molar-refractivity contribution in [3.8, 4) is 12.3 Å². The van der Waals surface area contributed by atoms with E-state index >= 15 is 0 Å². The lowest BCUT2D eigenvalue weighted by atomic mass is 10.3. The van der Waals surface area contributed by atoms with Crippen LogP contribution in [-0.2, 0) is 0 Å². The molecule has 0 atom stereocenters. The molecule has 4 heteroatoms. The zero-order valence-electron chi connectivity index (χ0n) is 9.74. The summed E-state index contributed by atoms with van der Waals surface area (Å²) in [6.45, 7) is 2.91. The summed E-state index contributed by atoms with van der Waals surface area (Å²) in [6.07, 6.45) is 6.08. The van der Waals surface area contributed by atoms with Crippen molar-refractivity contribution in [3.05, 3.63) is 29.3 Å². The monoisotopic (exact) mass is 250 g/mol. The normalized spacial score (nSPS) is 9.47. The summed E-state index contributed by atoms with van der Waals surface area (Å²) in [5.74, 6) is 2.47.